The maximum Gasteiger partial charge on any atom is 0.504 e. The van der Waals surface area contributed by atoms with Gasteiger partial charge in [0, 0.05) is 42.0 Å². The summed E-state index contributed by atoms with van der Waals surface area (Å²) in [5.41, 5.74) is 3.42. The van der Waals surface area contributed by atoms with E-state index in [1.54, 1.807) is 23.9 Å². The van der Waals surface area contributed by atoms with Crippen LogP contribution in [0.2, 0.25) is 0 Å². The van der Waals surface area contributed by atoms with Crippen LogP contribution in [0, 0.1) is 0 Å². The molecule has 36 heavy (non-hydrogen) atoms. The van der Waals surface area contributed by atoms with Crippen LogP contribution in [0.4, 0.5) is 18.9 Å². The first kappa shape index (κ1) is 23.0. The Labute approximate surface area is 202 Å². The molecule has 0 bridgehead atoms. The number of amides is 1. The summed E-state index contributed by atoms with van der Waals surface area (Å²) < 4.78 is 45.5. The number of benzene rings is 2. The average Bonchev–Trinajstić information content (AvgIpc) is 3.51. The summed E-state index contributed by atoms with van der Waals surface area (Å²) in [5, 5.41) is 11.0. The number of hydrogen-bond donors (Lipinski definition) is 1. The number of carbonyl (C=O) groups excluding carboxylic acids is 1. The molecule has 0 aliphatic rings. The average molecular weight is 493 g/mol. The van der Waals surface area contributed by atoms with Crippen molar-refractivity contribution < 1.29 is 22.7 Å². The van der Waals surface area contributed by atoms with Gasteiger partial charge in [0.05, 0.1) is 35.8 Å². The van der Waals surface area contributed by atoms with Crippen molar-refractivity contribution in [3.63, 3.8) is 0 Å². The van der Waals surface area contributed by atoms with Gasteiger partial charge in [0.25, 0.3) is 5.91 Å². The quantitative estimate of drug-likeness (QED) is 0.383. The molecule has 2 aromatic carbocycles. The van der Waals surface area contributed by atoms with E-state index >= 15 is 0 Å². The number of methoxy groups -OCH3 is 1. The fraction of sp³-hybridized carbons (Fsp3) is 0.125. The van der Waals surface area contributed by atoms with Crippen molar-refractivity contribution in [1.82, 2.24) is 29.5 Å². The number of nitrogens with zero attached hydrogens (tertiary/aromatic N) is 6. The largest absolute Gasteiger partial charge is 0.504 e. The highest BCUT2D eigenvalue weighted by molar-refractivity contribution is 6.07. The lowest BCUT2D eigenvalue weighted by Gasteiger charge is -2.13. The lowest BCUT2D eigenvalue weighted by atomic mass is 10.0. The molecule has 1 N–H and O–H groups in total. The Morgan fingerprint density at radius 3 is 2.53 bits per heavy atom. The fourth-order valence-corrected chi connectivity index (χ4v) is 3.81. The zero-order chi connectivity index (χ0) is 25.4. The molecule has 0 atom stereocenters. The zero-order valence-corrected chi connectivity index (χ0v) is 19.0. The third-order valence-corrected chi connectivity index (χ3v) is 5.44. The van der Waals surface area contributed by atoms with E-state index in [0.717, 1.165) is 17.3 Å². The van der Waals surface area contributed by atoms with Gasteiger partial charge in [-0.2, -0.15) is 14.9 Å². The van der Waals surface area contributed by atoms with Crippen LogP contribution in [0.5, 0.6) is 5.75 Å². The molecule has 12 heteroatoms. The second kappa shape index (κ2) is 8.80. The van der Waals surface area contributed by atoms with Crippen LogP contribution < -0.4 is 10.1 Å². The van der Waals surface area contributed by atoms with Crippen molar-refractivity contribution in [2.45, 2.75) is 6.30 Å². The van der Waals surface area contributed by atoms with Crippen molar-refractivity contribution >= 4 is 22.5 Å². The first-order chi connectivity index (χ1) is 17.2. The van der Waals surface area contributed by atoms with Gasteiger partial charge in [-0.1, -0.05) is 30.3 Å². The van der Waals surface area contributed by atoms with Crippen molar-refractivity contribution in [2.75, 3.05) is 12.4 Å². The maximum absolute atomic E-state index is 12.9. The molecule has 0 saturated heterocycles. The van der Waals surface area contributed by atoms with Crippen LogP contribution in [-0.2, 0) is 13.3 Å². The normalized spacial score (nSPS) is 11.6. The number of carbonyl (C=O) groups is 1. The molecule has 9 nitrogen and oxygen atoms in total. The van der Waals surface area contributed by atoms with Crippen LogP contribution in [0.1, 0.15) is 10.4 Å². The van der Waals surface area contributed by atoms with E-state index in [1.807, 2.05) is 36.5 Å². The standard InChI is InChI=1S/C24H18F3N7O2/c1-33-12-17(21(32-33)14-6-4-3-5-7-14)22-16-8-19(20(36-2)9-18(16)28-13-29-22)31-23(35)15-10-30-34(11-15)24(25,26)27/h3-13H,1-2H3,(H,31,35). The fourth-order valence-electron chi connectivity index (χ4n) is 3.81. The molecule has 1 amide bonds. The molecule has 0 spiro atoms. The predicted octanol–water partition coefficient (Wildman–Crippen LogP) is 4.63. The Hall–Kier alpha value is -4.74. The molecule has 0 aliphatic heterocycles. The summed E-state index contributed by atoms with van der Waals surface area (Å²) in [6.07, 6.45) is -0.0296. The number of halogens is 3. The van der Waals surface area contributed by atoms with Crippen molar-refractivity contribution in [2.24, 2.45) is 7.05 Å². The SMILES string of the molecule is COc1cc2ncnc(-c3cn(C)nc3-c3ccccc3)c2cc1NC(=O)c1cnn(C(F)(F)F)c1. The maximum atomic E-state index is 12.9. The molecule has 0 saturated carbocycles. The Balaban J connectivity index is 1.59. The third kappa shape index (κ3) is 4.24. The van der Waals surface area contributed by atoms with Gasteiger partial charge in [0.15, 0.2) is 0 Å². The van der Waals surface area contributed by atoms with Gasteiger partial charge in [-0.25, -0.2) is 9.97 Å². The van der Waals surface area contributed by atoms with E-state index in [9.17, 15) is 18.0 Å². The monoisotopic (exact) mass is 493 g/mol. The van der Waals surface area contributed by atoms with Gasteiger partial charge >= 0.3 is 6.30 Å². The van der Waals surface area contributed by atoms with E-state index in [1.165, 1.54) is 13.4 Å². The van der Waals surface area contributed by atoms with Gasteiger partial charge in [0.1, 0.15) is 17.8 Å². The minimum Gasteiger partial charge on any atom is -0.494 e. The number of hydrogen-bond acceptors (Lipinski definition) is 6. The number of ether oxygens (including phenoxy) is 1. The minimum absolute atomic E-state index is 0.232. The number of anilines is 1. The highest BCUT2D eigenvalue weighted by Crippen LogP contribution is 2.37. The summed E-state index contributed by atoms with van der Waals surface area (Å²) in [7, 11) is 3.21. The summed E-state index contributed by atoms with van der Waals surface area (Å²) >= 11 is 0. The van der Waals surface area contributed by atoms with Crippen molar-refractivity contribution in [3.8, 4) is 28.3 Å². The van der Waals surface area contributed by atoms with E-state index in [4.69, 9.17) is 4.74 Å². The summed E-state index contributed by atoms with van der Waals surface area (Å²) in [4.78, 5) is 21.5. The number of rotatable bonds is 5. The van der Waals surface area contributed by atoms with Gasteiger partial charge < -0.3 is 10.1 Å². The van der Waals surface area contributed by atoms with Crippen molar-refractivity contribution in [1.29, 1.82) is 0 Å². The Morgan fingerprint density at radius 1 is 1.06 bits per heavy atom. The van der Waals surface area contributed by atoms with E-state index in [-0.39, 0.29) is 21.7 Å². The molecule has 182 valence electrons. The van der Waals surface area contributed by atoms with E-state index in [2.05, 4.69) is 25.5 Å². The molecule has 5 rings (SSSR count). The first-order valence-electron chi connectivity index (χ1n) is 10.6. The molecule has 0 radical (unpaired) electrons. The second-order valence-corrected chi connectivity index (χ2v) is 7.82. The molecule has 3 heterocycles. The Kier molecular flexibility index (Phi) is 5.63. The van der Waals surface area contributed by atoms with Crippen LogP contribution in [-0.4, -0.2) is 42.5 Å². The van der Waals surface area contributed by atoms with Gasteiger partial charge in [-0.05, 0) is 6.07 Å². The molecule has 0 unspecified atom stereocenters. The van der Waals surface area contributed by atoms with Crippen LogP contribution in [0.25, 0.3) is 33.4 Å². The number of fused-ring (bicyclic) bond motifs is 1. The van der Waals surface area contributed by atoms with Crippen LogP contribution >= 0.6 is 0 Å². The number of alkyl halides is 3. The second-order valence-electron chi connectivity index (χ2n) is 7.82. The highest BCUT2D eigenvalue weighted by atomic mass is 19.4. The van der Waals surface area contributed by atoms with E-state index in [0.29, 0.717) is 28.5 Å². The molecule has 0 aliphatic carbocycles. The molecule has 0 fully saturated rings. The summed E-state index contributed by atoms with van der Waals surface area (Å²) in [6, 6.07) is 12.8. The number of nitrogens with one attached hydrogen (secondary N) is 1. The topological polar surface area (TPSA) is 99.8 Å². The van der Waals surface area contributed by atoms with Crippen LogP contribution in [0.15, 0.2) is 67.4 Å². The minimum atomic E-state index is -4.73. The molecule has 5 aromatic rings. The lowest BCUT2D eigenvalue weighted by Crippen LogP contribution is -2.17. The van der Waals surface area contributed by atoms with Gasteiger partial charge in [0.2, 0.25) is 0 Å². The smallest absolute Gasteiger partial charge is 0.494 e. The molecular weight excluding hydrogens is 475 g/mol. The zero-order valence-electron chi connectivity index (χ0n) is 19.0. The van der Waals surface area contributed by atoms with Gasteiger partial charge in [-0.15, -0.1) is 13.2 Å². The van der Waals surface area contributed by atoms with Crippen LogP contribution in [0.3, 0.4) is 0 Å². The van der Waals surface area contributed by atoms with E-state index < -0.39 is 12.2 Å². The van der Waals surface area contributed by atoms with Crippen molar-refractivity contribution in [3.05, 3.63) is 72.9 Å². The summed E-state index contributed by atoms with van der Waals surface area (Å²) in [5.74, 6) is -0.508. The summed E-state index contributed by atoms with van der Waals surface area (Å²) in [6.45, 7) is 0. The first-order valence-corrected chi connectivity index (χ1v) is 10.6. The predicted molar refractivity (Wildman–Crippen MR) is 125 cm³/mol. The highest BCUT2D eigenvalue weighted by Gasteiger charge is 2.32. The molecule has 3 aromatic heterocycles. The molecular formula is C24H18F3N7O2. The lowest BCUT2D eigenvalue weighted by molar-refractivity contribution is -0.212. The Bertz CT molecular complexity index is 1580. The number of aromatic nitrogens is 6. The Morgan fingerprint density at radius 2 is 1.83 bits per heavy atom. The van der Waals surface area contributed by atoms with Gasteiger partial charge in [-0.3, -0.25) is 9.48 Å². The number of aryl methyl sites for hydroxylation is 1. The third-order valence-electron chi connectivity index (χ3n) is 5.44.